The van der Waals surface area contributed by atoms with E-state index >= 15 is 0 Å². The largest absolute Gasteiger partial charge is 0.354 e. The Bertz CT molecular complexity index is 494. The number of hydrogen-bond acceptors (Lipinski definition) is 4. The minimum Gasteiger partial charge on any atom is -0.354 e. The fourth-order valence-electron chi connectivity index (χ4n) is 3.31. The van der Waals surface area contributed by atoms with Gasteiger partial charge in [-0.3, -0.25) is 4.79 Å². The molecular weight excluding hydrogens is 264 g/mol. The molecule has 3 heterocycles. The van der Waals surface area contributed by atoms with Gasteiger partial charge in [0.25, 0.3) is 0 Å². The lowest BCUT2D eigenvalue weighted by molar-refractivity contribution is -0.129. The molecule has 0 aliphatic carbocycles. The van der Waals surface area contributed by atoms with Crippen molar-refractivity contribution in [3.8, 4) is 0 Å². The molecule has 0 N–H and O–H groups in total. The summed E-state index contributed by atoms with van der Waals surface area (Å²) < 4.78 is 0. The number of rotatable bonds is 2. The summed E-state index contributed by atoms with van der Waals surface area (Å²) in [6.45, 7) is 6.77. The van der Waals surface area contributed by atoms with Crippen LogP contribution in [0.1, 0.15) is 31.4 Å². The molecule has 1 aromatic rings. The SMILES string of the molecule is CC(=O)N1CCC[C@H]1c1ccc(N2CCN(C)CC2)nc1. The second-order valence-corrected chi connectivity index (χ2v) is 6.11. The van der Waals surface area contributed by atoms with Gasteiger partial charge in [-0.1, -0.05) is 6.07 Å². The van der Waals surface area contributed by atoms with Crippen molar-refractivity contribution in [1.29, 1.82) is 0 Å². The van der Waals surface area contributed by atoms with E-state index in [9.17, 15) is 4.79 Å². The van der Waals surface area contributed by atoms with Crippen molar-refractivity contribution in [3.63, 3.8) is 0 Å². The Balaban J connectivity index is 1.70. The monoisotopic (exact) mass is 288 g/mol. The number of carbonyl (C=O) groups excluding carboxylic acids is 1. The molecule has 1 aromatic heterocycles. The van der Waals surface area contributed by atoms with Crippen LogP contribution in [0.5, 0.6) is 0 Å². The first kappa shape index (κ1) is 14.3. The highest BCUT2D eigenvalue weighted by Gasteiger charge is 2.28. The van der Waals surface area contributed by atoms with E-state index in [1.807, 2.05) is 11.1 Å². The second kappa shape index (κ2) is 6.02. The van der Waals surface area contributed by atoms with E-state index < -0.39 is 0 Å². The van der Waals surface area contributed by atoms with Crippen molar-refractivity contribution in [2.24, 2.45) is 0 Å². The van der Waals surface area contributed by atoms with E-state index in [-0.39, 0.29) is 11.9 Å². The van der Waals surface area contributed by atoms with Gasteiger partial charge in [0.05, 0.1) is 6.04 Å². The number of hydrogen-bond donors (Lipinski definition) is 0. The maximum absolute atomic E-state index is 11.7. The van der Waals surface area contributed by atoms with Crippen LogP contribution in [-0.4, -0.2) is 60.5 Å². The molecule has 2 aliphatic rings. The van der Waals surface area contributed by atoms with E-state index in [4.69, 9.17) is 0 Å². The standard InChI is InChI=1S/C16H24N4O/c1-13(21)20-7-3-4-15(20)14-5-6-16(17-12-14)19-10-8-18(2)9-11-19/h5-6,12,15H,3-4,7-11H2,1-2H3/t15-/m0/s1. The Hall–Kier alpha value is -1.62. The van der Waals surface area contributed by atoms with Gasteiger partial charge in [-0.05, 0) is 31.5 Å². The predicted molar refractivity (Wildman–Crippen MR) is 83.3 cm³/mol. The van der Waals surface area contributed by atoms with Crippen LogP contribution in [0.2, 0.25) is 0 Å². The zero-order chi connectivity index (χ0) is 14.8. The van der Waals surface area contributed by atoms with Crippen molar-refractivity contribution in [2.45, 2.75) is 25.8 Å². The molecule has 2 aliphatic heterocycles. The molecule has 5 nitrogen and oxygen atoms in total. The maximum atomic E-state index is 11.7. The molecule has 1 amide bonds. The Morgan fingerprint density at radius 3 is 2.57 bits per heavy atom. The Kier molecular flexibility index (Phi) is 4.10. The summed E-state index contributed by atoms with van der Waals surface area (Å²) in [5.41, 5.74) is 1.17. The Morgan fingerprint density at radius 1 is 1.19 bits per heavy atom. The van der Waals surface area contributed by atoms with Crippen LogP contribution in [0, 0.1) is 0 Å². The molecule has 0 saturated carbocycles. The number of aromatic nitrogens is 1. The first-order valence-electron chi connectivity index (χ1n) is 7.82. The van der Waals surface area contributed by atoms with Crippen molar-refractivity contribution in [1.82, 2.24) is 14.8 Å². The van der Waals surface area contributed by atoms with Gasteiger partial charge in [-0.25, -0.2) is 4.98 Å². The summed E-state index contributed by atoms with van der Waals surface area (Å²) >= 11 is 0. The predicted octanol–water partition coefficient (Wildman–Crippen LogP) is 1.52. The summed E-state index contributed by atoms with van der Waals surface area (Å²) in [5, 5.41) is 0. The molecule has 0 bridgehead atoms. The third-order valence-electron chi connectivity index (χ3n) is 4.64. The minimum atomic E-state index is 0.167. The average Bonchev–Trinajstić information content (AvgIpc) is 2.98. The molecule has 5 heteroatoms. The first-order valence-corrected chi connectivity index (χ1v) is 7.82. The van der Waals surface area contributed by atoms with Crippen molar-refractivity contribution in [2.75, 3.05) is 44.7 Å². The fourth-order valence-corrected chi connectivity index (χ4v) is 3.31. The van der Waals surface area contributed by atoms with Gasteiger partial charge in [-0.15, -0.1) is 0 Å². The number of nitrogens with zero attached hydrogens (tertiary/aromatic N) is 4. The van der Waals surface area contributed by atoms with Crippen LogP contribution in [0.3, 0.4) is 0 Å². The van der Waals surface area contributed by atoms with Crippen LogP contribution in [0.4, 0.5) is 5.82 Å². The summed E-state index contributed by atoms with van der Waals surface area (Å²) in [7, 11) is 2.16. The van der Waals surface area contributed by atoms with Crippen LogP contribution in [-0.2, 0) is 4.79 Å². The van der Waals surface area contributed by atoms with Gasteiger partial charge < -0.3 is 14.7 Å². The van der Waals surface area contributed by atoms with Crippen molar-refractivity contribution < 1.29 is 4.79 Å². The normalized spacial score (nSPS) is 23.6. The van der Waals surface area contributed by atoms with Gasteiger partial charge in [0.1, 0.15) is 5.82 Å². The zero-order valence-electron chi connectivity index (χ0n) is 13.0. The Morgan fingerprint density at radius 2 is 1.95 bits per heavy atom. The molecule has 0 radical (unpaired) electrons. The summed E-state index contributed by atoms with van der Waals surface area (Å²) in [4.78, 5) is 22.9. The average molecular weight is 288 g/mol. The highest BCUT2D eigenvalue weighted by atomic mass is 16.2. The topological polar surface area (TPSA) is 39.7 Å². The lowest BCUT2D eigenvalue weighted by atomic mass is 10.1. The molecule has 114 valence electrons. The van der Waals surface area contributed by atoms with Gasteiger partial charge >= 0.3 is 0 Å². The quantitative estimate of drug-likeness (QED) is 0.827. The van der Waals surface area contributed by atoms with Crippen LogP contribution in [0.15, 0.2) is 18.3 Å². The number of carbonyl (C=O) groups is 1. The maximum Gasteiger partial charge on any atom is 0.219 e. The molecule has 21 heavy (non-hydrogen) atoms. The molecule has 0 unspecified atom stereocenters. The van der Waals surface area contributed by atoms with E-state index in [0.29, 0.717) is 0 Å². The molecule has 0 aromatic carbocycles. The summed E-state index contributed by atoms with van der Waals surface area (Å²) in [6, 6.07) is 4.47. The summed E-state index contributed by atoms with van der Waals surface area (Å²) in [5.74, 6) is 1.22. The number of anilines is 1. The first-order chi connectivity index (χ1) is 10.1. The van der Waals surface area contributed by atoms with Crippen LogP contribution >= 0.6 is 0 Å². The zero-order valence-corrected chi connectivity index (χ0v) is 13.0. The highest BCUT2D eigenvalue weighted by molar-refractivity contribution is 5.74. The number of likely N-dealkylation sites (N-methyl/N-ethyl adjacent to an activating group) is 1. The Labute approximate surface area is 126 Å². The number of amides is 1. The van der Waals surface area contributed by atoms with Gasteiger partial charge in [0.15, 0.2) is 0 Å². The summed E-state index contributed by atoms with van der Waals surface area (Å²) in [6.07, 6.45) is 4.10. The molecule has 3 rings (SSSR count). The smallest absolute Gasteiger partial charge is 0.219 e. The lowest BCUT2D eigenvalue weighted by Gasteiger charge is -2.33. The molecule has 0 spiro atoms. The van der Waals surface area contributed by atoms with Crippen molar-refractivity contribution in [3.05, 3.63) is 23.9 Å². The second-order valence-electron chi connectivity index (χ2n) is 6.11. The fraction of sp³-hybridized carbons (Fsp3) is 0.625. The number of pyridine rings is 1. The third-order valence-corrected chi connectivity index (χ3v) is 4.64. The molecular formula is C16H24N4O. The van der Waals surface area contributed by atoms with Crippen molar-refractivity contribution >= 4 is 11.7 Å². The van der Waals surface area contributed by atoms with E-state index in [2.05, 4.69) is 34.0 Å². The highest BCUT2D eigenvalue weighted by Crippen LogP contribution is 2.32. The lowest BCUT2D eigenvalue weighted by Crippen LogP contribution is -2.44. The number of likely N-dealkylation sites (tertiary alicyclic amines) is 1. The van der Waals surface area contributed by atoms with E-state index in [1.54, 1.807) is 6.92 Å². The van der Waals surface area contributed by atoms with Gasteiger partial charge in [0, 0.05) is 45.8 Å². The van der Waals surface area contributed by atoms with E-state index in [0.717, 1.165) is 51.4 Å². The molecule has 2 fully saturated rings. The third kappa shape index (κ3) is 3.02. The molecule has 1 atom stereocenters. The number of piperazine rings is 1. The van der Waals surface area contributed by atoms with E-state index in [1.165, 1.54) is 5.56 Å². The van der Waals surface area contributed by atoms with Gasteiger partial charge in [-0.2, -0.15) is 0 Å². The van der Waals surface area contributed by atoms with Gasteiger partial charge in [0.2, 0.25) is 5.91 Å². The van der Waals surface area contributed by atoms with Crippen LogP contribution in [0.25, 0.3) is 0 Å². The van der Waals surface area contributed by atoms with Crippen LogP contribution < -0.4 is 4.90 Å². The molecule has 2 saturated heterocycles. The minimum absolute atomic E-state index is 0.167.